The number of nitrogens with one attached hydrogen (secondary N) is 1. The number of amides is 1. The van der Waals surface area contributed by atoms with Gasteiger partial charge in [-0.05, 0) is 26.0 Å². The molecule has 5 nitrogen and oxygen atoms in total. The van der Waals surface area contributed by atoms with Gasteiger partial charge in [-0.25, -0.2) is 5.43 Å². The number of ether oxygens (including phenoxy) is 1. The van der Waals surface area contributed by atoms with Crippen LogP contribution in [0.1, 0.15) is 19.4 Å². The van der Waals surface area contributed by atoms with Gasteiger partial charge < -0.3 is 9.84 Å². The third kappa shape index (κ3) is 3.35. The minimum absolute atomic E-state index is 0.0132. The molecule has 96 valence electrons. The molecular weight excluding hydrogens is 232 g/mol. The monoisotopic (exact) mass is 248 g/mol. The normalized spacial score (nSPS) is 11.6. The van der Waals surface area contributed by atoms with E-state index in [4.69, 9.17) is 4.74 Å². The van der Waals surface area contributed by atoms with Crippen molar-refractivity contribution in [1.29, 1.82) is 0 Å². The fourth-order valence-corrected chi connectivity index (χ4v) is 1.19. The summed E-state index contributed by atoms with van der Waals surface area (Å²) in [7, 11) is 1.47. The van der Waals surface area contributed by atoms with Crippen LogP contribution in [-0.4, -0.2) is 24.3 Å². The lowest BCUT2D eigenvalue weighted by molar-refractivity contribution is -0.117. The van der Waals surface area contributed by atoms with Crippen LogP contribution in [0.15, 0.2) is 34.9 Å². The van der Waals surface area contributed by atoms with Crippen LogP contribution in [0.4, 0.5) is 0 Å². The van der Waals surface area contributed by atoms with Crippen molar-refractivity contribution in [2.75, 3.05) is 7.11 Å². The van der Waals surface area contributed by atoms with Crippen LogP contribution in [0.5, 0.6) is 11.5 Å². The number of para-hydroxylation sites is 1. The third-order valence-corrected chi connectivity index (χ3v) is 2.41. The maximum Gasteiger partial charge on any atom is 0.266 e. The van der Waals surface area contributed by atoms with Crippen molar-refractivity contribution in [3.8, 4) is 11.5 Å². The topological polar surface area (TPSA) is 70.9 Å². The van der Waals surface area contributed by atoms with Gasteiger partial charge in [-0.1, -0.05) is 12.1 Å². The SMILES string of the molecule is C/C=C(/C)C(=O)N/N=C\c1cccc(OC)c1O. The average Bonchev–Trinajstić information content (AvgIpc) is 2.39. The first-order valence-electron chi connectivity index (χ1n) is 5.42. The number of carbonyl (C=O) groups is 1. The van der Waals surface area contributed by atoms with E-state index >= 15 is 0 Å². The van der Waals surface area contributed by atoms with Gasteiger partial charge in [0, 0.05) is 11.1 Å². The van der Waals surface area contributed by atoms with Crippen molar-refractivity contribution in [2.24, 2.45) is 5.10 Å². The number of phenolic OH excluding ortho intramolecular Hbond substituents is 1. The molecule has 0 heterocycles. The number of benzene rings is 1. The van der Waals surface area contributed by atoms with Crippen LogP contribution in [0, 0.1) is 0 Å². The van der Waals surface area contributed by atoms with Gasteiger partial charge in [0.2, 0.25) is 0 Å². The minimum atomic E-state index is -0.281. The molecule has 1 rings (SSSR count). The number of phenols is 1. The van der Waals surface area contributed by atoms with Crippen LogP contribution in [0.25, 0.3) is 0 Å². The van der Waals surface area contributed by atoms with Crippen molar-refractivity contribution >= 4 is 12.1 Å². The van der Waals surface area contributed by atoms with E-state index in [0.717, 1.165) is 0 Å². The maximum atomic E-state index is 11.4. The zero-order chi connectivity index (χ0) is 13.5. The summed E-state index contributed by atoms with van der Waals surface area (Å²) in [6.45, 7) is 3.46. The average molecular weight is 248 g/mol. The van der Waals surface area contributed by atoms with Crippen LogP contribution in [-0.2, 0) is 4.79 Å². The Morgan fingerprint density at radius 1 is 1.50 bits per heavy atom. The third-order valence-electron chi connectivity index (χ3n) is 2.41. The van der Waals surface area contributed by atoms with Crippen LogP contribution in [0.2, 0.25) is 0 Å². The van der Waals surface area contributed by atoms with Gasteiger partial charge in [0.15, 0.2) is 11.5 Å². The number of allylic oxidation sites excluding steroid dienone is 1. The molecule has 2 N–H and O–H groups in total. The summed E-state index contributed by atoms with van der Waals surface area (Å²) in [5.41, 5.74) is 3.39. The standard InChI is InChI=1S/C13H16N2O3/c1-4-9(2)13(17)15-14-8-10-6-5-7-11(18-3)12(10)16/h4-8,16H,1-3H3,(H,15,17)/b9-4-,14-8-. The number of methoxy groups -OCH3 is 1. The van der Waals surface area contributed by atoms with Crippen molar-refractivity contribution in [1.82, 2.24) is 5.43 Å². The number of aromatic hydroxyl groups is 1. The summed E-state index contributed by atoms with van der Waals surface area (Å²) < 4.78 is 4.96. The molecule has 0 aromatic heterocycles. The Labute approximate surface area is 106 Å². The second-order valence-electron chi connectivity index (χ2n) is 3.57. The lowest BCUT2D eigenvalue weighted by Gasteiger charge is -2.04. The number of hydrazone groups is 1. The highest BCUT2D eigenvalue weighted by atomic mass is 16.5. The Morgan fingerprint density at radius 3 is 2.83 bits per heavy atom. The van der Waals surface area contributed by atoms with E-state index < -0.39 is 0 Å². The van der Waals surface area contributed by atoms with E-state index in [1.54, 1.807) is 38.1 Å². The lowest BCUT2D eigenvalue weighted by Crippen LogP contribution is -2.18. The largest absolute Gasteiger partial charge is 0.504 e. The minimum Gasteiger partial charge on any atom is -0.504 e. The van der Waals surface area contributed by atoms with Crippen LogP contribution < -0.4 is 10.2 Å². The Hall–Kier alpha value is -2.30. The first-order valence-corrected chi connectivity index (χ1v) is 5.42. The molecule has 0 spiro atoms. The second kappa shape index (κ2) is 6.44. The molecule has 18 heavy (non-hydrogen) atoms. The van der Waals surface area contributed by atoms with E-state index in [9.17, 15) is 9.90 Å². The number of hydrogen-bond donors (Lipinski definition) is 2. The highest BCUT2D eigenvalue weighted by Gasteiger charge is 2.05. The van der Waals surface area contributed by atoms with Gasteiger partial charge >= 0.3 is 0 Å². The Bertz CT molecular complexity index is 493. The molecular formula is C13H16N2O3. The zero-order valence-electron chi connectivity index (χ0n) is 10.6. The van der Waals surface area contributed by atoms with E-state index in [1.165, 1.54) is 13.3 Å². The van der Waals surface area contributed by atoms with Crippen LogP contribution in [0.3, 0.4) is 0 Å². The highest BCUT2D eigenvalue weighted by molar-refractivity contribution is 5.93. The van der Waals surface area contributed by atoms with Gasteiger partial charge in [0.05, 0.1) is 13.3 Å². The van der Waals surface area contributed by atoms with Crippen molar-refractivity contribution in [3.05, 3.63) is 35.4 Å². The van der Waals surface area contributed by atoms with E-state index in [0.29, 0.717) is 16.9 Å². The first-order chi connectivity index (χ1) is 8.60. The number of carbonyl (C=O) groups excluding carboxylic acids is 1. The van der Waals surface area contributed by atoms with Gasteiger partial charge in [0.25, 0.3) is 5.91 Å². The summed E-state index contributed by atoms with van der Waals surface area (Å²) in [6.07, 6.45) is 3.05. The molecule has 0 fully saturated rings. The van der Waals surface area contributed by atoms with Crippen molar-refractivity contribution in [3.63, 3.8) is 0 Å². The molecule has 0 aliphatic rings. The van der Waals surface area contributed by atoms with E-state index in [-0.39, 0.29) is 11.7 Å². The lowest BCUT2D eigenvalue weighted by atomic mass is 10.2. The molecule has 0 radical (unpaired) electrons. The number of rotatable bonds is 4. The quantitative estimate of drug-likeness (QED) is 0.485. The summed E-state index contributed by atoms with van der Waals surface area (Å²) in [4.78, 5) is 11.4. The molecule has 0 saturated heterocycles. The molecule has 0 unspecified atom stereocenters. The van der Waals surface area contributed by atoms with Gasteiger partial charge in [-0.15, -0.1) is 0 Å². The van der Waals surface area contributed by atoms with E-state index in [2.05, 4.69) is 10.5 Å². The molecule has 0 bridgehead atoms. The Balaban J connectivity index is 2.77. The fourth-order valence-electron chi connectivity index (χ4n) is 1.19. The Kier molecular flexibility index (Phi) is 4.92. The number of hydrogen-bond acceptors (Lipinski definition) is 4. The predicted molar refractivity (Wildman–Crippen MR) is 69.8 cm³/mol. The smallest absolute Gasteiger partial charge is 0.266 e. The molecule has 5 heteroatoms. The molecule has 0 aliphatic carbocycles. The van der Waals surface area contributed by atoms with Crippen LogP contribution >= 0.6 is 0 Å². The first kappa shape index (κ1) is 13.8. The summed E-state index contributed by atoms with van der Waals surface area (Å²) in [5, 5.41) is 13.5. The second-order valence-corrected chi connectivity index (χ2v) is 3.57. The molecule has 0 atom stereocenters. The molecule has 1 aromatic carbocycles. The number of nitrogens with zero attached hydrogens (tertiary/aromatic N) is 1. The summed E-state index contributed by atoms with van der Waals surface area (Å²) in [6, 6.07) is 5.02. The van der Waals surface area contributed by atoms with Gasteiger partial charge in [0.1, 0.15) is 0 Å². The fraction of sp³-hybridized carbons (Fsp3) is 0.231. The molecule has 0 saturated carbocycles. The zero-order valence-corrected chi connectivity index (χ0v) is 10.6. The molecule has 1 amide bonds. The summed E-state index contributed by atoms with van der Waals surface area (Å²) in [5.74, 6) is 0.0619. The van der Waals surface area contributed by atoms with E-state index in [1.807, 2.05) is 0 Å². The predicted octanol–water partition coefficient (Wildman–Crippen LogP) is 1.82. The molecule has 0 aliphatic heterocycles. The molecule has 1 aromatic rings. The summed E-state index contributed by atoms with van der Waals surface area (Å²) >= 11 is 0. The van der Waals surface area contributed by atoms with Gasteiger partial charge in [-0.3, -0.25) is 4.79 Å². The maximum absolute atomic E-state index is 11.4. The van der Waals surface area contributed by atoms with Crippen molar-refractivity contribution < 1.29 is 14.6 Å². The highest BCUT2D eigenvalue weighted by Crippen LogP contribution is 2.27. The van der Waals surface area contributed by atoms with Crippen molar-refractivity contribution in [2.45, 2.75) is 13.8 Å². The van der Waals surface area contributed by atoms with Gasteiger partial charge in [-0.2, -0.15) is 5.10 Å². The Morgan fingerprint density at radius 2 is 2.22 bits per heavy atom.